The second-order valence-electron chi connectivity index (χ2n) is 6.93. The van der Waals surface area contributed by atoms with Crippen LogP contribution in [0.5, 0.6) is 0 Å². The second-order valence-corrected chi connectivity index (χ2v) is 6.93. The molecule has 8 heteroatoms. The van der Waals surface area contributed by atoms with E-state index in [0.29, 0.717) is 10.9 Å². The van der Waals surface area contributed by atoms with Crippen LogP contribution in [0.2, 0.25) is 0 Å². The van der Waals surface area contributed by atoms with Crippen LogP contribution in [0.25, 0.3) is 10.9 Å². The summed E-state index contributed by atoms with van der Waals surface area (Å²) < 4.78 is 1.17. The molecule has 3 aromatic rings. The van der Waals surface area contributed by atoms with E-state index in [-0.39, 0.29) is 36.9 Å². The Morgan fingerprint density at radius 3 is 2.66 bits per heavy atom. The van der Waals surface area contributed by atoms with Crippen molar-refractivity contribution in [1.29, 1.82) is 0 Å². The van der Waals surface area contributed by atoms with Gasteiger partial charge in [0.15, 0.2) is 0 Å². The summed E-state index contributed by atoms with van der Waals surface area (Å²) in [5.74, 6) is -0.541. The van der Waals surface area contributed by atoms with Crippen molar-refractivity contribution in [2.75, 3.05) is 18.9 Å². The third kappa shape index (κ3) is 4.66. The number of carbonyl (C=O) groups excluding carboxylic acids is 2. The van der Waals surface area contributed by atoms with Crippen LogP contribution in [0.1, 0.15) is 17.5 Å². The zero-order chi connectivity index (χ0) is 21.0. The van der Waals surface area contributed by atoms with Gasteiger partial charge in [0.2, 0.25) is 11.8 Å². The highest BCUT2D eigenvalue weighted by molar-refractivity contribution is 5.95. The number of benzene rings is 2. The largest absolute Gasteiger partial charge is 0.336 e. The third-order valence-electron chi connectivity index (χ3n) is 4.85. The van der Waals surface area contributed by atoms with Gasteiger partial charge in [0.25, 0.3) is 5.56 Å². The van der Waals surface area contributed by atoms with E-state index in [1.54, 1.807) is 31.3 Å². The fourth-order valence-corrected chi connectivity index (χ4v) is 2.94. The molecule has 8 nitrogen and oxygen atoms in total. The summed E-state index contributed by atoms with van der Waals surface area (Å²) in [4.78, 5) is 38.4. The fraction of sp³-hybridized carbons (Fsp3) is 0.286. The molecule has 150 valence electrons. The Labute approximate surface area is 168 Å². The predicted molar refractivity (Wildman–Crippen MR) is 111 cm³/mol. The number of carbonyl (C=O) groups is 2. The molecule has 0 unspecified atom stereocenters. The van der Waals surface area contributed by atoms with Gasteiger partial charge in [-0.05, 0) is 43.2 Å². The molecule has 0 aliphatic heterocycles. The number of hydrogen-bond donors (Lipinski definition) is 1. The average molecular weight is 393 g/mol. The molecule has 29 heavy (non-hydrogen) atoms. The fourth-order valence-electron chi connectivity index (χ4n) is 2.94. The molecule has 0 atom stereocenters. The van der Waals surface area contributed by atoms with E-state index in [4.69, 9.17) is 0 Å². The van der Waals surface area contributed by atoms with Crippen LogP contribution in [0.3, 0.4) is 0 Å². The Balaban J connectivity index is 1.58. The first kappa shape index (κ1) is 20.2. The Hall–Kier alpha value is -3.55. The van der Waals surface area contributed by atoms with E-state index in [1.807, 2.05) is 32.0 Å². The summed E-state index contributed by atoms with van der Waals surface area (Å²) in [5.41, 5.74) is 3.02. The maximum absolute atomic E-state index is 12.4. The Kier molecular flexibility index (Phi) is 6.01. The molecule has 0 bridgehead atoms. The lowest BCUT2D eigenvalue weighted by molar-refractivity contribution is -0.133. The van der Waals surface area contributed by atoms with Gasteiger partial charge >= 0.3 is 0 Å². The van der Waals surface area contributed by atoms with Crippen LogP contribution >= 0.6 is 0 Å². The molecular weight excluding hydrogens is 370 g/mol. The number of aryl methyl sites for hydroxylation is 2. The topological polar surface area (TPSA) is 97.2 Å². The molecule has 2 amide bonds. The highest BCUT2D eigenvalue weighted by Gasteiger charge is 2.15. The van der Waals surface area contributed by atoms with E-state index < -0.39 is 0 Å². The molecule has 0 radical (unpaired) electrons. The SMILES string of the molecule is Cc1cccc(NC(=O)CN(C)C(=O)CCn2nnc3ccccc3c2=O)c1C. The molecular formula is C21H23N5O3. The molecule has 2 aromatic carbocycles. The molecule has 3 rings (SSSR count). The van der Waals surface area contributed by atoms with Gasteiger partial charge in [0, 0.05) is 19.2 Å². The van der Waals surface area contributed by atoms with Crippen LogP contribution in [0.15, 0.2) is 47.3 Å². The number of aromatic nitrogens is 3. The van der Waals surface area contributed by atoms with E-state index in [1.165, 1.54) is 9.58 Å². The van der Waals surface area contributed by atoms with Gasteiger partial charge in [-0.1, -0.05) is 29.5 Å². The molecule has 1 heterocycles. The quantitative estimate of drug-likeness (QED) is 0.690. The predicted octanol–water partition coefficient (Wildman–Crippen LogP) is 1.90. The van der Waals surface area contributed by atoms with Gasteiger partial charge in [-0.25, -0.2) is 4.68 Å². The zero-order valence-electron chi connectivity index (χ0n) is 16.7. The Bertz CT molecular complexity index is 1120. The lowest BCUT2D eigenvalue weighted by Gasteiger charge is -2.18. The maximum atomic E-state index is 12.4. The van der Waals surface area contributed by atoms with Crippen LogP contribution in [0.4, 0.5) is 5.69 Å². The summed E-state index contributed by atoms with van der Waals surface area (Å²) in [5, 5.41) is 11.2. The van der Waals surface area contributed by atoms with Gasteiger partial charge in [-0.15, -0.1) is 5.10 Å². The third-order valence-corrected chi connectivity index (χ3v) is 4.85. The summed E-state index contributed by atoms with van der Waals surface area (Å²) in [6, 6.07) is 12.6. The van der Waals surface area contributed by atoms with Crippen molar-refractivity contribution in [2.24, 2.45) is 0 Å². The number of likely N-dealkylation sites (N-methyl/N-ethyl adjacent to an activating group) is 1. The zero-order valence-corrected chi connectivity index (χ0v) is 16.7. The summed E-state index contributed by atoms with van der Waals surface area (Å²) in [6.45, 7) is 3.92. The Morgan fingerprint density at radius 2 is 1.86 bits per heavy atom. The first-order chi connectivity index (χ1) is 13.9. The van der Waals surface area contributed by atoms with E-state index in [9.17, 15) is 14.4 Å². The van der Waals surface area contributed by atoms with Gasteiger partial charge < -0.3 is 10.2 Å². The van der Waals surface area contributed by atoms with E-state index >= 15 is 0 Å². The molecule has 0 spiro atoms. The normalized spacial score (nSPS) is 10.7. The molecule has 0 aliphatic rings. The second kappa shape index (κ2) is 8.64. The smallest absolute Gasteiger partial charge is 0.277 e. The minimum absolute atomic E-state index is 0.0418. The monoisotopic (exact) mass is 393 g/mol. The van der Waals surface area contributed by atoms with Crippen molar-refractivity contribution in [1.82, 2.24) is 19.9 Å². The lowest BCUT2D eigenvalue weighted by Crippen LogP contribution is -2.36. The van der Waals surface area contributed by atoms with Crippen molar-refractivity contribution in [2.45, 2.75) is 26.8 Å². The first-order valence-electron chi connectivity index (χ1n) is 9.29. The van der Waals surface area contributed by atoms with Crippen molar-refractivity contribution < 1.29 is 9.59 Å². The minimum atomic E-state index is -0.293. The number of rotatable bonds is 6. The van der Waals surface area contributed by atoms with Gasteiger partial charge in [0.1, 0.15) is 5.52 Å². The molecule has 0 saturated heterocycles. The Morgan fingerprint density at radius 1 is 1.10 bits per heavy atom. The van der Waals surface area contributed by atoms with Crippen molar-refractivity contribution in [3.63, 3.8) is 0 Å². The number of fused-ring (bicyclic) bond motifs is 1. The standard InChI is InChI=1S/C21H23N5O3/c1-14-7-6-10-17(15(14)2)22-19(27)13-25(3)20(28)11-12-26-21(29)16-8-4-5-9-18(16)23-24-26/h4-10H,11-13H2,1-3H3,(H,22,27). The first-order valence-corrected chi connectivity index (χ1v) is 9.29. The molecule has 0 fully saturated rings. The average Bonchev–Trinajstić information content (AvgIpc) is 2.71. The summed E-state index contributed by atoms with van der Waals surface area (Å²) in [6.07, 6.45) is 0.0418. The maximum Gasteiger partial charge on any atom is 0.277 e. The van der Waals surface area contributed by atoms with E-state index in [0.717, 1.165) is 16.8 Å². The molecule has 1 N–H and O–H groups in total. The van der Waals surface area contributed by atoms with Gasteiger partial charge in [0.05, 0.1) is 18.5 Å². The summed E-state index contributed by atoms with van der Waals surface area (Å²) in [7, 11) is 1.56. The molecule has 0 aliphatic carbocycles. The summed E-state index contributed by atoms with van der Waals surface area (Å²) >= 11 is 0. The molecule has 1 aromatic heterocycles. The van der Waals surface area contributed by atoms with Gasteiger partial charge in [-0.3, -0.25) is 14.4 Å². The van der Waals surface area contributed by atoms with Crippen molar-refractivity contribution in [3.05, 3.63) is 63.9 Å². The molecule has 0 saturated carbocycles. The lowest BCUT2D eigenvalue weighted by atomic mass is 10.1. The van der Waals surface area contributed by atoms with Crippen molar-refractivity contribution >= 4 is 28.4 Å². The number of nitrogens with one attached hydrogen (secondary N) is 1. The number of anilines is 1. The van der Waals surface area contributed by atoms with Crippen LogP contribution in [-0.4, -0.2) is 45.3 Å². The van der Waals surface area contributed by atoms with Crippen LogP contribution < -0.4 is 10.9 Å². The number of amides is 2. The number of nitrogens with zero attached hydrogens (tertiary/aromatic N) is 4. The number of hydrogen-bond acceptors (Lipinski definition) is 5. The van der Waals surface area contributed by atoms with E-state index in [2.05, 4.69) is 15.6 Å². The van der Waals surface area contributed by atoms with Crippen LogP contribution in [0, 0.1) is 13.8 Å². The highest BCUT2D eigenvalue weighted by atomic mass is 16.2. The highest BCUT2D eigenvalue weighted by Crippen LogP contribution is 2.17. The van der Waals surface area contributed by atoms with Crippen molar-refractivity contribution in [3.8, 4) is 0 Å². The van der Waals surface area contributed by atoms with Gasteiger partial charge in [-0.2, -0.15) is 0 Å². The van der Waals surface area contributed by atoms with Crippen LogP contribution in [-0.2, 0) is 16.1 Å². The minimum Gasteiger partial charge on any atom is -0.336 e.